The summed E-state index contributed by atoms with van der Waals surface area (Å²) in [4.78, 5) is 3.97. The number of nitrogen functional groups attached to an aromatic ring is 1. The second-order valence-corrected chi connectivity index (χ2v) is 3.94. The van der Waals surface area contributed by atoms with E-state index in [0.717, 1.165) is 0 Å². The van der Waals surface area contributed by atoms with Gasteiger partial charge < -0.3 is 15.8 Å². The number of nitrogens with two attached hydrogens (primary N) is 1. The van der Waals surface area contributed by atoms with Crippen molar-refractivity contribution in [2.24, 2.45) is 0 Å². The van der Waals surface area contributed by atoms with Gasteiger partial charge >= 0.3 is 0 Å². The second-order valence-electron chi connectivity index (χ2n) is 3.56. The zero-order chi connectivity index (χ0) is 14.5. The van der Waals surface area contributed by atoms with E-state index < -0.39 is 0 Å². The highest BCUT2D eigenvalue weighted by Crippen LogP contribution is 2.37. The second kappa shape index (κ2) is 5.90. The zero-order valence-corrected chi connectivity index (χ0v) is 11.1. The fraction of sp³-hybridized carbons (Fsp3) is 0.0909. The first-order valence-corrected chi connectivity index (χ1v) is 5.81. The van der Waals surface area contributed by atoms with Gasteiger partial charge in [-0.1, -0.05) is 11.6 Å². The number of nitriles is 1. The minimum absolute atomic E-state index is 0.262. The van der Waals surface area contributed by atoms with Gasteiger partial charge in [0.05, 0.1) is 18.1 Å². The van der Waals surface area contributed by atoms with Gasteiger partial charge in [-0.2, -0.15) is 10.4 Å². The predicted octanol–water partition coefficient (Wildman–Crippen LogP) is 1.83. The van der Waals surface area contributed by atoms with Gasteiger partial charge in [0.2, 0.25) is 0 Å². The number of rotatable bonds is 4. The fourth-order valence-corrected chi connectivity index (χ4v) is 1.72. The van der Waals surface area contributed by atoms with Crippen molar-refractivity contribution < 1.29 is 4.74 Å². The van der Waals surface area contributed by atoms with E-state index in [4.69, 9.17) is 27.3 Å². The van der Waals surface area contributed by atoms with Crippen molar-refractivity contribution in [2.45, 2.75) is 0 Å². The lowest BCUT2D eigenvalue weighted by molar-refractivity contribution is 0.477. The molecule has 0 aromatic carbocycles. The van der Waals surface area contributed by atoms with Crippen molar-refractivity contribution in [3.63, 3.8) is 0 Å². The van der Waals surface area contributed by atoms with E-state index in [-0.39, 0.29) is 11.6 Å². The van der Waals surface area contributed by atoms with Crippen LogP contribution in [-0.4, -0.2) is 22.2 Å². The Labute approximate surface area is 119 Å². The van der Waals surface area contributed by atoms with Gasteiger partial charge in [0.15, 0.2) is 23.5 Å². The summed E-state index contributed by atoms with van der Waals surface area (Å²) in [6, 6.07) is 1.50. The topological polar surface area (TPSA) is 122 Å². The molecule has 0 aliphatic carbocycles. The largest absolute Gasteiger partial charge is 0.452 e. The molecule has 0 aliphatic rings. The number of halogens is 1. The normalized spacial score (nSPS) is 9.65. The molecule has 0 saturated carbocycles. The molecule has 9 heteroatoms. The molecule has 2 aromatic rings. The van der Waals surface area contributed by atoms with Crippen LogP contribution in [0, 0.1) is 11.5 Å². The summed E-state index contributed by atoms with van der Waals surface area (Å²) in [7, 11) is 1.67. The maximum absolute atomic E-state index is 8.52. The van der Waals surface area contributed by atoms with Crippen LogP contribution in [0.25, 0.3) is 0 Å². The van der Waals surface area contributed by atoms with Crippen LogP contribution < -0.4 is 21.1 Å². The van der Waals surface area contributed by atoms with Crippen molar-refractivity contribution in [3.8, 4) is 17.7 Å². The Hall–Kier alpha value is -2.79. The minimum atomic E-state index is 0.262. The maximum Gasteiger partial charge on any atom is 0.182 e. The van der Waals surface area contributed by atoms with Crippen molar-refractivity contribution >= 4 is 28.9 Å². The van der Waals surface area contributed by atoms with Crippen LogP contribution in [0.1, 0.15) is 0 Å². The van der Waals surface area contributed by atoms with Gasteiger partial charge in [0.25, 0.3) is 0 Å². The number of nitrogens with zero attached hydrogens (tertiary/aromatic N) is 4. The Morgan fingerprint density at radius 3 is 2.95 bits per heavy atom. The summed E-state index contributed by atoms with van der Waals surface area (Å²) in [5.74, 6) is 1.19. The van der Waals surface area contributed by atoms with E-state index in [0.29, 0.717) is 22.2 Å². The van der Waals surface area contributed by atoms with Crippen molar-refractivity contribution in [3.05, 3.63) is 23.5 Å². The number of ether oxygens (including phenoxy) is 1. The van der Waals surface area contributed by atoms with Gasteiger partial charge in [-0.25, -0.2) is 4.98 Å². The highest BCUT2D eigenvalue weighted by atomic mass is 35.5. The van der Waals surface area contributed by atoms with Crippen LogP contribution in [0.3, 0.4) is 0 Å². The van der Waals surface area contributed by atoms with Crippen LogP contribution in [-0.2, 0) is 0 Å². The summed E-state index contributed by atoms with van der Waals surface area (Å²) in [5, 5.41) is 21.4. The molecule has 0 spiro atoms. The number of hydrogen-bond acceptors (Lipinski definition) is 8. The van der Waals surface area contributed by atoms with Gasteiger partial charge in [-0.15, -0.1) is 5.10 Å². The lowest BCUT2D eigenvalue weighted by Gasteiger charge is -2.11. The van der Waals surface area contributed by atoms with E-state index in [2.05, 4.69) is 25.8 Å². The van der Waals surface area contributed by atoms with Gasteiger partial charge in [0.1, 0.15) is 10.8 Å². The number of aromatic nitrogens is 3. The number of hydrogen-bond donors (Lipinski definition) is 3. The third kappa shape index (κ3) is 2.78. The quantitative estimate of drug-likeness (QED) is 0.576. The molecule has 0 radical (unpaired) electrons. The summed E-state index contributed by atoms with van der Waals surface area (Å²) in [6.45, 7) is 0. The molecule has 0 saturated heterocycles. The average Bonchev–Trinajstić information content (AvgIpc) is 2.43. The minimum Gasteiger partial charge on any atom is -0.452 e. The molecule has 2 rings (SSSR count). The summed E-state index contributed by atoms with van der Waals surface area (Å²) in [6.07, 6.45) is 4.52. The van der Waals surface area contributed by atoms with Crippen LogP contribution in [0.15, 0.2) is 18.5 Å². The van der Waals surface area contributed by atoms with E-state index in [9.17, 15) is 0 Å². The highest BCUT2D eigenvalue weighted by Gasteiger charge is 2.12. The molecule has 0 unspecified atom stereocenters. The predicted molar refractivity (Wildman–Crippen MR) is 74.5 cm³/mol. The lowest BCUT2D eigenvalue weighted by Crippen LogP contribution is -2.01. The number of pyridine rings is 1. The van der Waals surface area contributed by atoms with Gasteiger partial charge in [-0.3, -0.25) is 5.32 Å². The smallest absolute Gasteiger partial charge is 0.182 e. The molecule has 0 atom stereocenters. The molecule has 4 N–H and O–H groups in total. The summed E-state index contributed by atoms with van der Waals surface area (Å²) < 4.78 is 5.55. The van der Waals surface area contributed by atoms with Gasteiger partial charge in [-0.05, 0) is 0 Å². The first-order chi connectivity index (χ1) is 9.65. The van der Waals surface area contributed by atoms with E-state index in [1.54, 1.807) is 13.2 Å². The molecular weight excluding hydrogens is 282 g/mol. The molecule has 0 amide bonds. The Bertz CT molecular complexity index is 670. The fourth-order valence-electron chi connectivity index (χ4n) is 1.44. The third-order valence-electron chi connectivity index (χ3n) is 2.30. The maximum atomic E-state index is 8.52. The average molecular weight is 292 g/mol. The van der Waals surface area contributed by atoms with Crippen molar-refractivity contribution in [1.82, 2.24) is 15.2 Å². The molecule has 2 heterocycles. The summed E-state index contributed by atoms with van der Waals surface area (Å²) in [5.41, 5.74) is 6.15. The van der Waals surface area contributed by atoms with Crippen LogP contribution in [0.4, 0.5) is 17.3 Å². The molecular formula is C11H10ClN7O. The molecule has 0 aliphatic heterocycles. The first-order valence-electron chi connectivity index (χ1n) is 5.43. The van der Waals surface area contributed by atoms with Crippen molar-refractivity contribution in [2.75, 3.05) is 23.4 Å². The van der Waals surface area contributed by atoms with Gasteiger partial charge in [0, 0.05) is 13.1 Å². The Kier molecular flexibility index (Phi) is 4.02. The standard InChI is InChI=1S/C11H10ClN7O/c1-15-10-9(12)7(4-16-11(10)14)20-6-2-8(17-5-13)19-18-3-6/h2-4,15H,1H3,(H2,14,16)(H,17,19). The van der Waals surface area contributed by atoms with E-state index in [1.807, 2.05) is 0 Å². The summed E-state index contributed by atoms with van der Waals surface area (Å²) >= 11 is 6.15. The monoisotopic (exact) mass is 291 g/mol. The molecule has 0 fully saturated rings. The Morgan fingerprint density at radius 1 is 1.45 bits per heavy atom. The number of nitrogens with one attached hydrogen (secondary N) is 2. The third-order valence-corrected chi connectivity index (χ3v) is 2.68. The SMILES string of the molecule is CNc1c(N)ncc(Oc2cnnc(NC#N)c2)c1Cl. The van der Waals surface area contributed by atoms with E-state index in [1.165, 1.54) is 18.5 Å². The molecule has 20 heavy (non-hydrogen) atoms. The Morgan fingerprint density at radius 2 is 2.25 bits per heavy atom. The number of anilines is 3. The van der Waals surface area contributed by atoms with Crippen LogP contribution >= 0.6 is 11.6 Å². The first kappa shape index (κ1) is 13.6. The molecule has 8 nitrogen and oxygen atoms in total. The molecule has 102 valence electrons. The zero-order valence-electron chi connectivity index (χ0n) is 10.4. The highest BCUT2D eigenvalue weighted by molar-refractivity contribution is 6.35. The van der Waals surface area contributed by atoms with Crippen LogP contribution in [0.2, 0.25) is 5.02 Å². The van der Waals surface area contributed by atoms with Crippen LogP contribution in [0.5, 0.6) is 11.5 Å². The van der Waals surface area contributed by atoms with E-state index >= 15 is 0 Å². The molecule has 2 aromatic heterocycles. The van der Waals surface area contributed by atoms with Crippen molar-refractivity contribution in [1.29, 1.82) is 5.26 Å². The molecule has 0 bridgehead atoms. The Balaban J connectivity index is 2.31. The lowest BCUT2D eigenvalue weighted by atomic mass is 10.3.